The van der Waals surface area contributed by atoms with Gasteiger partial charge in [0.05, 0.1) is 0 Å². The van der Waals surface area contributed by atoms with Gasteiger partial charge < -0.3 is 15.5 Å². The summed E-state index contributed by atoms with van der Waals surface area (Å²) in [4.78, 5) is 26.6. The van der Waals surface area contributed by atoms with Crippen molar-refractivity contribution in [2.75, 3.05) is 12.4 Å². The molecule has 3 amide bonds. The maximum Gasteiger partial charge on any atom is 0.317 e. The number of carbonyl (C=O) groups is 2. The van der Waals surface area contributed by atoms with Crippen LogP contribution in [0, 0.1) is 5.92 Å². The number of urea groups is 1. The second kappa shape index (κ2) is 10.1. The topological polar surface area (TPSA) is 61.4 Å². The van der Waals surface area contributed by atoms with Crippen LogP contribution < -0.4 is 10.6 Å². The Balaban J connectivity index is 1.34. The van der Waals surface area contributed by atoms with Gasteiger partial charge in [0.25, 0.3) is 0 Å². The molecule has 0 bridgehead atoms. The van der Waals surface area contributed by atoms with Gasteiger partial charge in [-0.1, -0.05) is 73.2 Å². The third kappa shape index (κ3) is 5.35. The number of nitrogens with one attached hydrogen (secondary N) is 2. The Bertz CT molecular complexity index is 1080. The molecule has 1 aliphatic carbocycles. The number of benzene rings is 3. The highest BCUT2D eigenvalue weighted by Gasteiger charge is 2.25. The third-order valence-electron chi connectivity index (χ3n) is 5.97. The molecule has 4 rings (SSSR count). The smallest absolute Gasteiger partial charge is 0.317 e. The average molecular weight is 428 g/mol. The highest BCUT2D eigenvalue weighted by Crippen LogP contribution is 2.28. The van der Waals surface area contributed by atoms with Gasteiger partial charge in [-0.3, -0.25) is 4.79 Å². The molecule has 1 aliphatic rings. The summed E-state index contributed by atoms with van der Waals surface area (Å²) in [6.07, 6.45) is 3.08. The summed E-state index contributed by atoms with van der Waals surface area (Å²) in [7, 11) is 1.80. The molecule has 3 aromatic carbocycles. The van der Waals surface area contributed by atoms with Gasteiger partial charge in [0.2, 0.25) is 5.91 Å². The second-order valence-corrected chi connectivity index (χ2v) is 8.36. The third-order valence-corrected chi connectivity index (χ3v) is 5.97. The van der Waals surface area contributed by atoms with Crippen LogP contribution in [-0.2, 0) is 17.9 Å². The summed E-state index contributed by atoms with van der Waals surface area (Å²) in [5.74, 6) is 0.236. The van der Waals surface area contributed by atoms with E-state index in [1.165, 1.54) is 0 Å². The molecule has 5 nitrogen and oxygen atoms in total. The van der Waals surface area contributed by atoms with Crippen molar-refractivity contribution in [2.45, 2.75) is 32.4 Å². The van der Waals surface area contributed by atoms with Crippen molar-refractivity contribution >= 4 is 17.6 Å². The standard InChI is InChI=1S/C27H29N3O2/c1-30(19-23-12-5-6-16-25(23)21-10-3-2-4-11-21)27(32)28-18-20-9-7-15-24(17-20)29-26(31)22-13-8-14-22/h2-7,9-12,15-17,22H,8,13-14,18-19H2,1H3,(H,28,32)(H,29,31). The predicted molar refractivity (Wildman–Crippen MR) is 128 cm³/mol. The van der Waals surface area contributed by atoms with E-state index in [2.05, 4.69) is 34.9 Å². The van der Waals surface area contributed by atoms with E-state index in [4.69, 9.17) is 0 Å². The van der Waals surface area contributed by atoms with Gasteiger partial charge >= 0.3 is 6.03 Å². The first-order valence-corrected chi connectivity index (χ1v) is 11.1. The molecule has 2 N–H and O–H groups in total. The van der Waals surface area contributed by atoms with Crippen molar-refractivity contribution in [3.63, 3.8) is 0 Å². The fourth-order valence-electron chi connectivity index (χ4n) is 3.87. The molecular weight excluding hydrogens is 398 g/mol. The van der Waals surface area contributed by atoms with Crippen LogP contribution in [0.25, 0.3) is 11.1 Å². The number of amides is 3. The first-order chi connectivity index (χ1) is 15.6. The van der Waals surface area contributed by atoms with Crippen LogP contribution >= 0.6 is 0 Å². The molecule has 0 saturated heterocycles. The highest BCUT2D eigenvalue weighted by molar-refractivity contribution is 5.93. The molecule has 0 heterocycles. The SMILES string of the molecule is CN(Cc1ccccc1-c1ccccc1)C(=O)NCc1cccc(NC(=O)C2CCC2)c1. The van der Waals surface area contributed by atoms with Crippen molar-refractivity contribution in [3.8, 4) is 11.1 Å². The molecule has 5 heteroatoms. The minimum Gasteiger partial charge on any atom is -0.334 e. The highest BCUT2D eigenvalue weighted by atomic mass is 16.2. The Labute approximate surface area is 189 Å². The van der Waals surface area contributed by atoms with Gasteiger partial charge in [0.15, 0.2) is 0 Å². The summed E-state index contributed by atoms with van der Waals surface area (Å²) in [5, 5.41) is 5.97. The first-order valence-electron chi connectivity index (χ1n) is 11.1. The number of nitrogens with zero attached hydrogens (tertiary/aromatic N) is 1. The predicted octanol–water partition coefficient (Wildman–Crippen LogP) is 5.43. The van der Waals surface area contributed by atoms with Crippen LogP contribution in [0.3, 0.4) is 0 Å². The zero-order valence-electron chi connectivity index (χ0n) is 18.4. The van der Waals surface area contributed by atoms with Crippen LogP contribution in [0.5, 0.6) is 0 Å². The molecule has 1 fully saturated rings. The molecule has 0 radical (unpaired) electrons. The van der Waals surface area contributed by atoms with E-state index in [0.29, 0.717) is 13.1 Å². The van der Waals surface area contributed by atoms with Crippen molar-refractivity contribution in [1.82, 2.24) is 10.2 Å². The van der Waals surface area contributed by atoms with Gasteiger partial charge in [-0.2, -0.15) is 0 Å². The Morgan fingerprint density at radius 3 is 2.44 bits per heavy atom. The van der Waals surface area contributed by atoms with E-state index in [-0.39, 0.29) is 17.9 Å². The summed E-state index contributed by atoms with van der Waals surface area (Å²) >= 11 is 0. The van der Waals surface area contributed by atoms with Crippen molar-refractivity contribution < 1.29 is 9.59 Å². The number of hydrogen-bond acceptors (Lipinski definition) is 2. The molecular formula is C27H29N3O2. The lowest BCUT2D eigenvalue weighted by Crippen LogP contribution is -2.36. The lowest BCUT2D eigenvalue weighted by atomic mass is 9.85. The molecule has 0 spiro atoms. The summed E-state index contributed by atoms with van der Waals surface area (Å²) in [6, 6.07) is 25.9. The minimum atomic E-state index is -0.142. The van der Waals surface area contributed by atoms with Crippen LogP contribution in [0.4, 0.5) is 10.5 Å². The number of hydrogen-bond donors (Lipinski definition) is 2. The van der Waals surface area contributed by atoms with Gasteiger partial charge in [-0.05, 0) is 47.2 Å². The van der Waals surface area contributed by atoms with Crippen LogP contribution in [0.15, 0.2) is 78.9 Å². The Morgan fingerprint density at radius 1 is 0.938 bits per heavy atom. The first kappa shape index (κ1) is 21.6. The maximum atomic E-state index is 12.7. The Kier molecular flexibility index (Phi) is 6.85. The molecule has 0 aromatic heterocycles. The number of carbonyl (C=O) groups excluding carboxylic acids is 2. The molecule has 3 aromatic rings. The van der Waals surface area contributed by atoms with E-state index in [1.54, 1.807) is 11.9 Å². The molecule has 0 unspecified atom stereocenters. The van der Waals surface area contributed by atoms with Crippen LogP contribution in [0.2, 0.25) is 0 Å². The normalized spacial score (nSPS) is 13.2. The van der Waals surface area contributed by atoms with E-state index in [1.807, 2.05) is 54.6 Å². The summed E-state index contributed by atoms with van der Waals surface area (Å²) in [5.41, 5.74) is 5.08. The van der Waals surface area contributed by atoms with E-state index < -0.39 is 0 Å². The van der Waals surface area contributed by atoms with Gasteiger partial charge in [-0.25, -0.2) is 4.79 Å². The second-order valence-electron chi connectivity index (χ2n) is 8.36. The van der Waals surface area contributed by atoms with Crippen molar-refractivity contribution in [2.24, 2.45) is 5.92 Å². The Morgan fingerprint density at radius 2 is 1.69 bits per heavy atom. The fourth-order valence-corrected chi connectivity index (χ4v) is 3.87. The van der Waals surface area contributed by atoms with Gasteiger partial charge in [-0.15, -0.1) is 0 Å². The maximum absolute atomic E-state index is 12.7. The zero-order chi connectivity index (χ0) is 22.3. The molecule has 0 atom stereocenters. The minimum absolute atomic E-state index is 0.0919. The molecule has 32 heavy (non-hydrogen) atoms. The van der Waals surface area contributed by atoms with Crippen molar-refractivity contribution in [3.05, 3.63) is 90.0 Å². The van der Waals surface area contributed by atoms with Gasteiger partial charge in [0.1, 0.15) is 0 Å². The van der Waals surface area contributed by atoms with Crippen LogP contribution in [0.1, 0.15) is 30.4 Å². The quantitative estimate of drug-likeness (QED) is 0.528. The lowest BCUT2D eigenvalue weighted by molar-refractivity contribution is -0.122. The van der Waals surface area contributed by atoms with E-state index >= 15 is 0 Å². The van der Waals surface area contributed by atoms with E-state index in [9.17, 15) is 9.59 Å². The lowest BCUT2D eigenvalue weighted by Gasteiger charge is -2.24. The Hall–Kier alpha value is -3.60. The summed E-state index contributed by atoms with van der Waals surface area (Å²) < 4.78 is 0. The number of anilines is 1. The summed E-state index contributed by atoms with van der Waals surface area (Å²) in [6.45, 7) is 0.908. The molecule has 1 saturated carbocycles. The van der Waals surface area contributed by atoms with E-state index in [0.717, 1.165) is 47.2 Å². The molecule has 164 valence electrons. The average Bonchev–Trinajstić information content (AvgIpc) is 2.77. The van der Waals surface area contributed by atoms with Gasteiger partial charge in [0, 0.05) is 31.7 Å². The monoisotopic (exact) mass is 427 g/mol. The van der Waals surface area contributed by atoms with Crippen molar-refractivity contribution in [1.29, 1.82) is 0 Å². The molecule has 0 aliphatic heterocycles. The fraction of sp³-hybridized carbons (Fsp3) is 0.259. The number of rotatable bonds is 7. The van der Waals surface area contributed by atoms with Crippen LogP contribution in [-0.4, -0.2) is 23.9 Å². The largest absolute Gasteiger partial charge is 0.334 e. The zero-order valence-corrected chi connectivity index (χ0v) is 18.4.